The summed E-state index contributed by atoms with van der Waals surface area (Å²) in [4.78, 5) is 24.0. The zero-order chi connectivity index (χ0) is 16.8. The van der Waals surface area contributed by atoms with E-state index < -0.39 is 5.41 Å². The van der Waals surface area contributed by atoms with Crippen LogP contribution in [0, 0.1) is 17.3 Å². The number of carbonyl (C=O) groups excluding carboxylic acids is 2. The van der Waals surface area contributed by atoms with Gasteiger partial charge in [-0.1, -0.05) is 19.4 Å². The van der Waals surface area contributed by atoms with Crippen LogP contribution in [0.1, 0.15) is 46.5 Å². The SMILES string of the molecule is C=C(C)CCNC(=O)CCNC(=O)[C@H](C1CC1)C(C)(C)CO. The third-order valence-electron chi connectivity index (χ3n) is 4.15. The Morgan fingerprint density at radius 1 is 1.23 bits per heavy atom. The van der Waals surface area contributed by atoms with Gasteiger partial charge in [-0.3, -0.25) is 9.59 Å². The number of hydrogen-bond donors (Lipinski definition) is 3. The molecule has 0 aromatic carbocycles. The lowest BCUT2D eigenvalue weighted by molar-refractivity contribution is -0.131. The molecule has 22 heavy (non-hydrogen) atoms. The molecule has 1 rings (SSSR count). The summed E-state index contributed by atoms with van der Waals surface area (Å²) >= 11 is 0. The van der Waals surface area contributed by atoms with Crippen molar-refractivity contribution >= 4 is 11.8 Å². The van der Waals surface area contributed by atoms with E-state index in [9.17, 15) is 14.7 Å². The predicted octanol–water partition coefficient (Wildman–Crippen LogP) is 1.62. The van der Waals surface area contributed by atoms with Crippen molar-refractivity contribution in [1.29, 1.82) is 0 Å². The number of rotatable bonds is 10. The van der Waals surface area contributed by atoms with Crippen LogP contribution in [0.2, 0.25) is 0 Å². The molecule has 0 aromatic heterocycles. The molecule has 1 saturated carbocycles. The van der Waals surface area contributed by atoms with E-state index >= 15 is 0 Å². The van der Waals surface area contributed by atoms with Crippen molar-refractivity contribution in [2.45, 2.75) is 46.5 Å². The largest absolute Gasteiger partial charge is 0.396 e. The maximum atomic E-state index is 12.3. The average Bonchev–Trinajstić information content (AvgIpc) is 3.22. The molecule has 126 valence electrons. The molecule has 0 aliphatic heterocycles. The highest BCUT2D eigenvalue weighted by Crippen LogP contribution is 2.45. The first kappa shape index (κ1) is 18.7. The highest BCUT2D eigenvalue weighted by molar-refractivity contribution is 5.81. The van der Waals surface area contributed by atoms with Gasteiger partial charge in [-0.05, 0) is 37.5 Å². The number of aliphatic hydroxyl groups is 1. The van der Waals surface area contributed by atoms with Crippen LogP contribution in [0.25, 0.3) is 0 Å². The summed E-state index contributed by atoms with van der Waals surface area (Å²) in [5, 5.41) is 15.1. The molecule has 1 atom stereocenters. The summed E-state index contributed by atoms with van der Waals surface area (Å²) in [6.07, 6.45) is 3.14. The van der Waals surface area contributed by atoms with Crippen LogP contribution >= 0.6 is 0 Å². The molecule has 0 radical (unpaired) electrons. The van der Waals surface area contributed by atoms with Crippen LogP contribution in [0.3, 0.4) is 0 Å². The molecule has 2 amide bonds. The van der Waals surface area contributed by atoms with Crippen LogP contribution in [0.15, 0.2) is 12.2 Å². The van der Waals surface area contributed by atoms with Crippen LogP contribution in [0.5, 0.6) is 0 Å². The molecular formula is C17H30N2O3. The summed E-state index contributed by atoms with van der Waals surface area (Å²) in [5.41, 5.74) is 0.613. The van der Waals surface area contributed by atoms with Gasteiger partial charge in [0.1, 0.15) is 0 Å². The predicted molar refractivity (Wildman–Crippen MR) is 87.1 cm³/mol. The van der Waals surface area contributed by atoms with E-state index in [0.29, 0.717) is 19.0 Å². The highest BCUT2D eigenvalue weighted by atomic mass is 16.3. The van der Waals surface area contributed by atoms with Crippen LogP contribution in [-0.2, 0) is 9.59 Å². The Morgan fingerprint density at radius 2 is 1.82 bits per heavy atom. The second-order valence-corrected chi connectivity index (χ2v) is 7.06. The fraction of sp³-hybridized carbons (Fsp3) is 0.765. The molecule has 0 saturated heterocycles. The Bertz CT molecular complexity index is 414. The summed E-state index contributed by atoms with van der Waals surface area (Å²) in [7, 11) is 0. The smallest absolute Gasteiger partial charge is 0.224 e. The summed E-state index contributed by atoms with van der Waals surface area (Å²) in [6, 6.07) is 0. The minimum atomic E-state index is -0.422. The molecule has 0 bridgehead atoms. The molecular weight excluding hydrogens is 280 g/mol. The van der Waals surface area contributed by atoms with Gasteiger partial charge in [0.05, 0.1) is 0 Å². The fourth-order valence-corrected chi connectivity index (χ4v) is 2.65. The number of hydrogen-bond acceptors (Lipinski definition) is 3. The van der Waals surface area contributed by atoms with Gasteiger partial charge in [-0.15, -0.1) is 6.58 Å². The van der Waals surface area contributed by atoms with Crippen molar-refractivity contribution in [3.63, 3.8) is 0 Å². The lowest BCUT2D eigenvalue weighted by Crippen LogP contribution is -2.43. The molecule has 1 fully saturated rings. The van der Waals surface area contributed by atoms with Crippen molar-refractivity contribution in [2.75, 3.05) is 19.7 Å². The van der Waals surface area contributed by atoms with E-state index in [1.54, 1.807) is 0 Å². The maximum absolute atomic E-state index is 12.3. The van der Waals surface area contributed by atoms with Crippen molar-refractivity contribution in [3.8, 4) is 0 Å². The van der Waals surface area contributed by atoms with Crippen molar-refractivity contribution in [2.24, 2.45) is 17.3 Å². The molecule has 0 spiro atoms. The monoisotopic (exact) mass is 310 g/mol. The quantitative estimate of drug-likeness (QED) is 0.537. The lowest BCUT2D eigenvalue weighted by atomic mass is 9.76. The Kier molecular flexibility index (Phi) is 7.07. The van der Waals surface area contributed by atoms with Crippen molar-refractivity contribution in [3.05, 3.63) is 12.2 Å². The minimum absolute atomic E-state index is 0.0109. The van der Waals surface area contributed by atoms with Gasteiger partial charge >= 0.3 is 0 Å². The zero-order valence-electron chi connectivity index (χ0n) is 14.1. The summed E-state index contributed by atoms with van der Waals surface area (Å²) in [6.45, 7) is 10.5. The molecule has 3 N–H and O–H groups in total. The minimum Gasteiger partial charge on any atom is -0.396 e. The number of carbonyl (C=O) groups is 2. The maximum Gasteiger partial charge on any atom is 0.224 e. The molecule has 0 aromatic rings. The van der Waals surface area contributed by atoms with E-state index in [0.717, 1.165) is 24.8 Å². The van der Waals surface area contributed by atoms with Crippen molar-refractivity contribution in [1.82, 2.24) is 10.6 Å². The number of amides is 2. The van der Waals surface area contributed by atoms with Crippen LogP contribution < -0.4 is 10.6 Å². The van der Waals surface area contributed by atoms with Gasteiger partial charge in [0.25, 0.3) is 0 Å². The molecule has 1 aliphatic rings. The van der Waals surface area contributed by atoms with E-state index in [-0.39, 0.29) is 30.8 Å². The molecule has 1 aliphatic carbocycles. The first-order valence-electron chi connectivity index (χ1n) is 8.07. The Labute approximate surface area is 133 Å². The molecule has 0 unspecified atom stereocenters. The summed E-state index contributed by atoms with van der Waals surface area (Å²) in [5.74, 6) is 0.0812. The number of aliphatic hydroxyl groups excluding tert-OH is 1. The second-order valence-electron chi connectivity index (χ2n) is 7.06. The third kappa shape index (κ3) is 6.18. The van der Waals surface area contributed by atoms with E-state index in [2.05, 4.69) is 17.2 Å². The van der Waals surface area contributed by atoms with Crippen molar-refractivity contribution < 1.29 is 14.7 Å². The Balaban J connectivity index is 2.32. The average molecular weight is 310 g/mol. The van der Waals surface area contributed by atoms with Gasteiger partial charge in [0.2, 0.25) is 11.8 Å². The van der Waals surface area contributed by atoms with Gasteiger partial charge in [-0.2, -0.15) is 0 Å². The molecule has 5 heteroatoms. The first-order valence-corrected chi connectivity index (χ1v) is 8.07. The molecule has 5 nitrogen and oxygen atoms in total. The van der Waals surface area contributed by atoms with E-state index in [4.69, 9.17) is 0 Å². The topological polar surface area (TPSA) is 78.4 Å². The fourth-order valence-electron chi connectivity index (χ4n) is 2.65. The van der Waals surface area contributed by atoms with Crippen LogP contribution in [-0.4, -0.2) is 36.6 Å². The van der Waals surface area contributed by atoms with E-state index in [1.165, 1.54) is 0 Å². The normalized spacial score (nSPS) is 16.0. The Morgan fingerprint density at radius 3 is 2.32 bits per heavy atom. The van der Waals surface area contributed by atoms with E-state index in [1.807, 2.05) is 20.8 Å². The van der Waals surface area contributed by atoms with Gasteiger partial charge < -0.3 is 15.7 Å². The molecule has 0 heterocycles. The van der Waals surface area contributed by atoms with Gasteiger partial charge in [0.15, 0.2) is 0 Å². The lowest BCUT2D eigenvalue weighted by Gasteiger charge is -2.31. The third-order valence-corrected chi connectivity index (χ3v) is 4.15. The van der Waals surface area contributed by atoms with Crippen LogP contribution in [0.4, 0.5) is 0 Å². The number of nitrogens with one attached hydrogen (secondary N) is 2. The highest BCUT2D eigenvalue weighted by Gasteiger charge is 2.45. The standard InChI is InChI=1S/C17H30N2O3/c1-12(2)7-9-18-14(21)8-10-19-16(22)15(13-5-6-13)17(3,4)11-20/h13,15,20H,1,5-11H2,2-4H3,(H,18,21)(H,19,22)/t15-/m0/s1. The first-order chi connectivity index (χ1) is 10.3. The summed E-state index contributed by atoms with van der Waals surface area (Å²) < 4.78 is 0. The second kappa shape index (κ2) is 8.32. The zero-order valence-corrected chi connectivity index (χ0v) is 14.1. The van der Waals surface area contributed by atoms with Gasteiger partial charge in [0, 0.05) is 32.0 Å². The Hall–Kier alpha value is -1.36. The van der Waals surface area contributed by atoms with Gasteiger partial charge in [-0.25, -0.2) is 0 Å².